The third-order valence-corrected chi connectivity index (χ3v) is 2.99. The normalized spacial score (nSPS) is 22.9. The monoisotopic (exact) mass is 231 g/mol. The van der Waals surface area contributed by atoms with Crippen LogP contribution in [0.4, 0.5) is 0 Å². The molecule has 0 amide bonds. The fraction of sp³-hybridized carbons (Fsp3) is 1.00. The van der Waals surface area contributed by atoms with Crippen LogP contribution in [0.2, 0.25) is 0 Å². The minimum Gasteiger partial charge on any atom is -0.392 e. The first-order chi connectivity index (χ1) is 7.30. The second-order valence-corrected chi connectivity index (χ2v) is 5.91. The molecule has 1 rings (SSSR count). The van der Waals surface area contributed by atoms with Crippen molar-refractivity contribution in [2.24, 2.45) is 5.41 Å². The van der Waals surface area contributed by atoms with E-state index in [1.807, 2.05) is 0 Å². The van der Waals surface area contributed by atoms with Gasteiger partial charge < -0.3 is 14.6 Å². The maximum absolute atomic E-state index is 9.91. The Labute approximate surface area is 98.5 Å². The minimum atomic E-state index is -0.443. The van der Waals surface area contributed by atoms with Gasteiger partial charge in [0.05, 0.1) is 19.2 Å². The van der Waals surface area contributed by atoms with Gasteiger partial charge >= 0.3 is 0 Å². The van der Waals surface area contributed by atoms with Gasteiger partial charge in [-0.25, -0.2) is 0 Å². The first kappa shape index (κ1) is 13.9. The lowest BCUT2D eigenvalue weighted by Gasteiger charge is -2.48. The molecule has 1 saturated heterocycles. The largest absolute Gasteiger partial charge is 0.392 e. The van der Waals surface area contributed by atoms with Gasteiger partial charge in [0, 0.05) is 20.8 Å². The van der Waals surface area contributed by atoms with Crippen molar-refractivity contribution in [1.82, 2.24) is 4.90 Å². The van der Waals surface area contributed by atoms with E-state index < -0.39 is 5.79 Å². The summed E-state index contributed by atoms with van der Waals surface area (Å²) in [6.45, 7) is 8.59. The maximum atomic E-state index is 9.91. The van der Waals surface area contributed by atoms with Gasteiger partial charge in [-0.1, -0.05) is 20.8 Å². The van der Waals surface area contributed by atoms with Crippen molar-refractivity contribution in [3.8, 4) is 0 Å². The molecule has 0 saturated carbocycles. The molecular weight excluding hydrogens is 206 g/mol. The predicted molar refractivity (Wildman–Crippen MR) is 63.3 cm³/mol. The molecule has 0 radical (unpaired) electrons. The van der Waals surface area contributed by atoms with E-state index in [2.05, 4.69) is 25.7 Å². The molecule has 0 aliphatic carbocycles. The Morgan fingerprint density at radius 2 is 1.75 bits per heavy atom. The number of rotatable bonds is 5. The average Bonchev–Trinajstić information content (AvgIpc) is 2.07. The van der Waals surface area contributed by atoms with Crippen LogP contribution in [0.15, 0.2) is 0 Å². The summed E-state index contributed by atoms with van der Waals surface area (Å²) in [5.41, 5.74) is 0.171. The van der Waals surface area contributed by atoms with Gasteiger partial charge in [-0.15, -0.1) is 0 Å². The van der Waals surface area contributed by atoms with Crippen molar-refractivity contribution < 1.29 is 14.6 Å². The number of ether oxygens (including phenoxy) is 2. The van der Waals surface area contributed by atoms with E-state index in [0.29, 0.717) is 6.54 Å². The molecule has 1 atom stereocenters. The molecule has 0 spiro atoms. The number of nitrogens with zero attached hydrogens (tertiary/aromatic N) is 1. The Morgan fingerprint density at radius 3 is 2.12 bits per heavy atom. The Kier molecular flexibility index (Phi) is 4.35. The first-order valence-electron chi connectivity index (χ1n) is 5.81. The zero-order valence-electron chi connectivity index (χ0n) is 11.1. The molecule has 16 heavy (non-hydrogen) atoms. The van der Waals surface area contributed by atoms with Gasteiger partial charge in [0.1, 0.15) is 0 Å². The average molecular weight is 231 g/mol. The Hall–Kier alpha value is -0.160. The van der Waals surface area contributed by atoms with Crippen LogP contribution in [0.1, 0.15) is 27.2 Å². The van der Waals surface area contributed by atoms with Crippen molar-refractivity contribution >= 4 is 0 Å². The van der Waals surface area contributed by atoms with Crippen LogP contribution in [-0.4, -0.2) is 55.8 Å². The number of β-amino-alcohol motifs (C(OH)–C–C–N with tert-alkyl or cyclic N) is 1. The molecule has 96 valence electrons. The summed E-state index contributed by atoms with van der Waals surface area (Å²) in [4.78, 5) is 2.16. The topological polar surface area (TPSA) is 41.9 Å². The van der Waals surface area contributed by atoms with Crippen LogP contribution >= 0.6 is 0 Å². The molecule has 0 aromatic carbocycles. The molecular formula is C12H25NO3. The molecule has 1 N–H and O–H groups in total. The van der Waals surface area contributed by atoms with Crippen molar-refractivity contribution in [2.75, 3.05) is 33.9 Å². The first-order valence-corrected chi connectivity index (χ1v) is 5.81. The van der Waals surface area contributed by atoms with E-state index in [1.54, 1.807) is 14.2 Å². The Balaban J connectivity index is 2.27. The highest BCUT2D eigenvalue weighted by Gasteiger charge is 2.44. The lowest BCUT2D eigenvalue weighted by Crippen LogP contribution is -2.65. The van der Waals surface area contributed by atoms with E-state index in [1.165, 1.54) is 0 Å². The Bertz CT molecular complexity index is 213. The van der Waals surface area contributed by atoms with Crippen LogP contribution in [0.5, 0.6) is 0 Å². The summed E-state index contributed by atoms with van der Waals surface area (Å²) < 4.78 is 10.6. The number of likely N-dealkylation sites (tertiary alicyclic amines) is 1. The summed E-state index contributed by atoms with van der Waals surface area (Å²) in [6.07, 6.45) is 0.544. The fourth-order valence-corrected chi connectivity index (χ4v) is 2.18. The van der Waals surface area contributed by atoms with Crippen LogP contribution in [-0.2, 0) is 9.47 Å². The molecule has 1 aliphatic rings. The van der Waals surface area contributed by atoms with Crippen molar-refractivity contribution in [3.63, 3.8) is 0 Å². The zero-order valence-corrected chi connectivity index (χ0v) is 11.1. The van der Waals surface area contributed by atoms with Crippen molar-refractivity contribution in [1.29, 1.82) is 0 Å². The highest BCUT2D eigenvalue weighted by Crippen LogP contribution is 2.27. The SMILES string of the molecule is COC1(OC)CN(CC(O)CC(C)(C)C)C1. The van der Waals surface area contributed by atoms with Gasteiger partial charge in [-0.2, -0.15) is 0 Å². The smallest absolute Gasteiger partial charge is 0.193 e. The van der Waals surface area contributed by atoms with Gasteiger partial charge in [0.2, 0.25) is 0 Å². The van der Waals surface area contributed by atoms with Gasteiger partial charge in [-0.05, 0) is 11.8 Å². The van der Waals surface area contributed by atoms with Gasteiger partial charge in [0.15, 0.2) is 5.79 Å². The summed E-state index contributed by atoms with van der Waals surface area (Å²) in [6, 6.07) is 0. The summed E-state index contributed by atoms with van der Waals surface area (Å²) >= 11 is 0. The lowest BCUT2D eigenvalue weighted by atomic mass is 9.88. The van der Waals surface area contributed by atoms with E-state index >= 15 is 0 Å². The second kappa shape index (κ2) is 5.00. The fourth-order valence-electron chi connectivity index (χ4n) is 2.18. The number of aliphatic hydroxyl groups excluding tert-OH is 1. The maximum Gasteiger partial charge on any atom is 0.193 e. The quantitative estimate of drug-likeness (QED) is 0.719. The second-order valence-electron chi connectivity index (χ2n) is 5.91. The molecule has 1 aliphatic heterocycles. The molecule has 1 heterocycles. The third-order valence-electron chi connectivity index (χ3n) is 2.99. The molecule has 0 aromatic rings. The molecule has 4 nitrogen and oxygen atoms in total. The number of methoxy groups -OCH3 is 2. The van der Waals surface area contributed by atoms with E-state index in [4.69, 9.17) is 9.47 Å². The number of hydrogen-bond acceptors (Lipinski definition) is 4. The van der Waals surface area contributed by atoms with Gasteiger partial charge in [0.25, 0.3) is 0 Å². The summed E-state index contributed by atoms with van der Waals surface area (Å²) in [5.74, 6) is -0.443. The highest BCUT2D eigenvalue weighted by atomic mass is 16.7. The van der Waals surface area contributed by atoms with Crippen molar-refractivity contribution in [2.45, 2.75) is 39.1 Å². The van der Waals surface area contributed by atoms with Crippen molar-refractivity contribution in [3.05, 3.63) is 0 Å². The number of aliphatic hydroxyl groups is 1. The molecule has 4 heteroatoms. The van der Waals surface area contributed by atoms with Gasteiger partial charge in [-0.3, -0.25) is 4.90 Å². The van der Waals surface area contributed by atoms with E-state index in [9.17, 15) is 5.11 Å². The van der Waals surface area contributed by atoms with Crippen LogP contribution in [0.3, 0.4) is 0 Å². The van der Waals surface area contributed by atoms with E-state index in [-0.39, 0.29) is 11.5 Å². The Morgan fingerprint density at radius 1 is 1.25 bits per heavy atom. The standard InChI is InChI=1S/C12H25NO3/c1-11(2,3)6-10(14)7-13-8-12(9-13,15-4)16-5/h10,14H,6-9H2,1-5H3. The third kappa shape index (κ3) is 3.70. The van der Waals surface area contributed by atoms with Crippen LogP contribution in [0, 0.1) is 5.41 Å². The number of hydrogen-bond donors (Lipinski definition) is 1. The summed E-state index contributed by atoms with van der Waals surface area (Å²) in [5, 5.41) is 9.91. The van der Waals surface area contributed by atoms with Crippen LogP contribution < -0.4 is 0 Å². The van der Waals surface area contributed by atoms with Crippen LogP contribution in [0.25, 0.3) is 0 Å². The van der Waals surface area contributed by atoms with E-state index in [0.717, 1.165) is 19.5 Å². The summed E-state index contributed by atoms with van der Waals surface area (Å²) in [7, 11) is 3.32. The predicted octanol–water partition coefficient (Wildman–Crippen LogP) is 1.09. The molecule has 1 unspecified atom stereocenters. The molecule has 0 bridgehead atoms. The lowest BCUT2D eigenvalue weighted by molar-refractivity contribution is -0.277. The molecule has 1 fully saturated rings. The minimum absolute atomic E-state index is 0.171. The highest BCUT2D eigenvalue weighted by molar-refractivity contribution is 4.90. The molecule has 0 aromatic heterocycles. The zero-order chi connectivity index (χ0) is 12.4.